The summed E-state index contributed by atoms with van der Waals surface area (Å²) in [5.41, 5.74) is 2.10. The average Bonchev–Trinajstić information content (AvgIpc) is 2.90. The van der Waals surface area contributed by atoms with Crippen LogP contribution in [0.15, 0.2) is 42.0 Å². The van der Waals surface area contributed by atoms with Gasteiger partial charge in [0.15, 0.2) is 4.96 Å². The van der Waals surface area contributed by atoms with Crippen molar-refractivity contribution < 1.29 is 4.92 Å². The topological polar surface area (TPSA) is 60.4 Å². The number of rotatable bonds is 3. The number of benzene rings is 1. The molecule has 0 aliphatic carbocycles. The van der Waals surface area contributed by atoms with Crippen LogP contribution in [-0.2, 0) is 6.42 Å². The fraction of sp³-hybridized carbons (Fsp3) is 0.0833. The summed E-state index contributed by atoms with van der Waals surface area (Å²) in [7, 11) is 0. The molecule has 0 bridgehead atoms. The van der Waals surface area contributed by atoms with Crippen LogP contribution in [0.3, 0.4) is 0 Å². The highest BCUT2D eigenvalue weighted by molar-refractivity contribution is 7.15. The Labute approximate surface area is 106 Å². The summed E-state index contributed by atoms with van der Waals surface area (Å²) in [6.45, 7) is 0. The Morgan fingerprint density at radius 1 is 1.33 bits per heavy atom. The van der Waals surface area contributed by atoms with E-state index in [-0.39, 0.29) is 5.69 Å². The molecule has 6 heteroatoms. The van der Waals surface area contributed by atoms with Gasteiger partial charge in [-0.3, -0.25) is 14.5 Å². The molecular formula is C12H9N3O2S. The monoisotopic (exact) mass is 259 g/mol. The Kier molecular flexibility index (Phi) is 2.56. The van der Waals surface area contributed by atoms with Gasteiger partial charge in [0, 0.05) is 36.3 Å². The van der Waals surface area contributed by atoms with Crippen LogP contribution in [0, 0.1) is 10.1 Å². The van der Waals surface area contributed by atoms with E-state index in [1.807, 2.05) is 22.2 Å². The van der Waals surface area contributed by atoms with E-state index < -0.39 is 4.92 Å². The highest BCUT2D eigenvalue weighted by atomic mass is 32.1. The van der Waals surface area contributed by atoms with Crippen molar-refractivity contribution in [2.45, 2.75) is 6.42 Å². The lowest BCUT2D eigenvalue weighted by molar-refractivity contribution is -0.384. The summed E-state index contributed by atoms with van der Waals surface area (Å²) in [4.78, 5) is 15.6. The number of fused-ring (bicyclic) bond motifs is 1. The number of hydrogen-bond donors (Lipinski definition) is 0. The molecule has 18 heavy (non-hydrogen) atoms. The highest BCUT2D eigenvalue weighted by Crippen LogP contribution is 2.17. The number of nitrogens with zero attached hydrogens (tertiary/aromatic N) is 3. The minimum absolute atomic E-state index is 0.115. The predicted octanol–water partition coefficient (Wildman–Crippen LogP) is 2.89. The molecule has 0 saturated carbocycles. The molecule has 0 saturated heterocycles. The average molecular weight is 259 g/mol. The van der Waals surface area contributed by atoms with Gasteiger partial charge in [-0.1, -0.05) is 12.1 Å². The molecule has 0 fully saturated rings. The SMILES string of the molecule is O=[N+]([O-])c1ccc(Cc2cn3ccsc3n2)cc1. The van der Waals surface area contributed by atoms with Crippen molar-refractivity contribution in [3.8, 4) is 0 Å². The molecule has 0 N–H and O–H groups in total. The van der Waals surface area contributed by atoms with Crippen molar-refractivity contribution in [2.75, 3.05) is 0 Å². The van der Waals surface area contributed by atoms with Crippen LogP contribution in [0.2, 0.25) is 0 Å². The van der Waals surface area contributed by atoms with E-state index in [2.05, 4.69) is 4.98 Å². The van der Waals surface area contributed by atoms with Crippen molar-refractivity contribution in [2.24, 2.45) is 0 Å². The number of nitro benzene ring substituents is 1. The van der Waals surface area contributed by atoms with Gasteiger partial charge in [-0.05, 0) is 5.56 Å². The van der Waals surface area contributed by atoms with Gasteiger partial charge in [0.25, 0.3) is 5.69 Å². The van der Waals surface area contributed by atoms with E-state index in [0.717, 1.165) is 16.2 Å². The van der Waals surface area contributed by atoms with Gasteiger partial charge >= 0.3 is 0 Å². The van der Waals surface area contributed by atoms with Crippen LogP contribution < -0.4 is 0 Å². The van der Waals surface area contributed by atoms with Gasteiger partial charge in [-0.15, -0.1) is 11.3 Å². The smallest absolute Gasteiger partial charge is 0.269 e. The van der Waals surface area contributed by atoms with Crippen molar-refractivity contribution in [3.63, 3.8) is 0 Å². The first-order chi connectivity index (χ1) is 8.72. The number of imidazole rings is 1. The quantitative estimate of drug-likeness (QED) is 0.536. The van der Waals surface area contributed by atoms with Crippen LogP contribution in [-0.4, -0.2) is 14.3 Å². The second-order valence-electron chi connectivity index (χ2n) is 3.93. The summed E-state index contributed by atoms with van der Waals surface area (Å²) in [5, 5.41) is 12.5. The molecule has 0 spiro atoms. The van der Waals surface area contributed by atoms with Gasteiger partial charge in [0.2, 0.25) is 0 Å². The van der Waals surface area contributed by atoms with Gasteiger partial charge in [0.1, 0.15) is 0 Å². The summed E-state index contributed by atoms with van der Waals surface area (Å²) < 4.78 is 1.98. The summed E-state index contributed by atoms with van der Waals surface area (Å²) in [6.07, 6.45) is 4.63. The number of nitro groups is 1. The summed E-state index contributed by atoms with van der Waals surface area (Å²) in [5.74, 6) is 0. The van der Waals surface area contributed by atoms with Gasteiger partial charge in [-0.25, -0.2) is 4.98 Å². The van der Waals surface area contributed by atoms with Crippen LogP contribution in [0.5, 0.6) is 0 Å². The lowest BCUT2D eigenvalue weighted by Crippen LogP contribution is -1.91. The van der Waals surface area contributed by atoms with Crippen molar-refractivity contribution in [1.29, 1.82) is 0 Å². The van der Waals surface area contributed by atoms with Crippen molar-refractivity contribution in [3.05, 3.63) is 63.4 Å². The van der Waals surface area contributed by atoms with Crippen LogP contribution in [0.1, 0.15) is 11.3 Å². The second kappa shape index (κ2) is 4.23. The molecule has 2 aromatic heterocycles. The van der Waals surface area contributed by atoms with Crippen molar-refractivity contribution >= 4 is 22.0 Å². The van der Waals surface area contributed by atoms with Gasteiger partial charge in [-0.2, -0.15) is 0 Å². The summed E-state index contributed by atoms with van der Waals surface area (Å²) >= 11 is 1.59. The maximum atomic E-state index is 10.5. The largest absolute Gasteiger partial charge is 0.297 e. The fourth-order valence-electron chi connectivity index (χ4n) is 1.81. The van der Waals surface area contributed by atoms with E-state index >= 15 is 0 Å². The molecule has 0 aliphatic rings. The highest BCUT2D eigenvalue weighted by Gasteiger charge is 2.06. The van der Waals surface area contributed by atoms with Gasteiger partial charge < -0.3 is 0 Å². The van der Waals surface area contributed by atoms with E-state index in [1.165, 1.54) is 12.1 Å². The van der Waals surface area contributed by atoms with E-state index in [4.69, 9.17) is 0 Å². The minimum Gasteiger partial charge on any atom is -0.297 e. The lowest BCUT2D eigenvalue weighted by atomic mass is 10.1. The third kappa shape index (κ3) is 1.98. The van der Waals surface area contributed by atoms with Gasteiger partial charge in [0.05, 0.1) is 10.6 Å². The second-order valence-corrected chi connectivity index (χ2v) is 4.80. The third-order valence-corrected chi connectivity index (χ3v) is 3.45. The zero-order valence-electron chi connectivity index (χ0n) is 9.31. The van der Waals surface area contributed by atoms with Crippen LogP contribution in [0.25, 0.3) is 4.96 Å². The molecule has 1 aromatic carbocycles. The van der Waals surface area contributed by atoms with E-state index in [1.54, 1.807) is 23.5 Å². The third-order valence-electron chi connectivity index (χ3n) is 2.68. The summed E-state index contributed by atoms with van der Waals surface area (Å²) in [6, 6.07) is 6.58. The molecule has 3 rings (SSSR count). The first-order valence-electron chi connectivity index (χ1n) is 5.37. The molecule has 2 heterocycles. The first kappa shape index (κ1) is 10.9. The molecule has 0 atom stereocenters. The molecule has 0 amide bonds. The predicted molar refractivity (Wildman–Crippen MR) is 69.0 cm³/mol. The molecule has 0 unspecified atom stereocenters. The number of non-ortho nitro benzene ring substituents is 1. The number of aromatic nitrogens is 2. The van der Waals surface area contributed by atoms with Crippen molar-refractivity contribution in [1.82, 2.24) is 9.38 Å². The van der Waals surface area contributed by atoms with Crippen LogP contribution >= 0.6 is 11.3 Å². The zero-order valence-corrected chi connectivity index (χ0v) is 10.1. The Balaban J connectivity index is 1.83. The Hall–Kier alpha value is -2.21. The molecular weight excluding hydrogens is 250 g/mol. The number of hydrogen-bond acceptors (Lipinski definition) is 4. The minimum atomic E-state index is -0.392. The molecule has 3 aromatic rings. The molecule has 0 aliphatic heterocycles. The molecule has 90 valence electrons. The maximum absolute atomic E-state index is 10.5. The Morgan fingerprint density at radius 2 is 2.11 bits per heavy atom. The first-order valence-corrected chi connectivity index (χ1v) is 6.25. The Bertz CT molecular complexity index is 671. The normalized spacial score (nSPS) is 10.9. The Morgan fingerprint density at radius 3 is 2.78 bits per heavy atom. The van der Waals surface area contributed by atoms with Crippen LogP contribution in [0.4, 0.5) is 5.69 Å². The standard InChI is InChI=1S/C12H9N3O2S/c16-15(17)11-3-1-9(2-4-11)7-10-8-14-5-6-18-12(14)13-10/h1-6,8H,7H2. The molecule has 5 nitrogen and oxygen atoms in total. The maximum Gasteiger partial charge on any atom is 0.269 e. The lowest BCUT2D eigenvalue weighted by Gasteiger charge is -1.97. The fourth-order valence-corrected chi connectivity index (χ4v) is 2.52. The molecule has 0 radical (unpaired) electrons. The van der Waals surface area contributed by atoms with E-state index in [0.29, 0.717) is 6.42 Å². The van der Waals surface area contributed by atoms with E-state index in [9.17, 15) is 10.1 Å². The zero-order chi connectivity index (χ0) is 12.5. The number of thiazole rings is 1.